The topological polar surface area (TPSA) is 70.8 Å². The molecule has 0 atom stereocenters. The molecule has 0 heterocycles. The second kappa shape index (κ2) is 5.32. The number of benzene rings is 1. The van der Waals surface area contributed by atoms with Crippen molar-refractivity contribution < 1.29 is 19.1 Å². The van der Waals surface area contributed by atoms with Crippen molar-refractivity contribution in [2.45, 2.75) is 6.61 Å². The Kier molecular flexibility index (Phi) is 4.07. The first-order valence-corrected chi connectivity index (χ1v) is 4.41. The van der Waals surface area contributed by atoms with Gasteiger partial charge in [-0.15, -0.1) is 0 Å². The first kappa shape index (κ1) is 12.3. The number of nitrogens with zero attached hydrogens (tertiary/aromatic N) is 1. The summed E-state index contributed by atoms with van der Waals surface area (Å²) < 4.78 is 14.6. The van der Waals surface area contributed by atoms with Gasteiger partial charge in [-0.2, -0.15) is 0 Å². The summed E-state index contributed by atoms with van der Waals surface area (Å²) in [5.41, 5.74) is 0.225. The minimum absolute atomic E-state index is 0.0384. The molecule has 0 saturated heterocycles. The molecule has 0 spiro atoms. The van der Waals surface area contributed by atoms with E-state index in [-0.39, 0.29) is 18.0 Å². The van der Waals surface area contributed by atoms with E-state index in [0.29, 0.717) is 11.3 Å². The molecule has 0 aliphatic heterocycles. The molecule has 6 nitrogen and oxygen atoms in total. The molecular formula is C10H12NO5. The van der Waals surface area contributed by atoms with Gasteiger partial charge in [-0.3, -0.25) is 10.1 Å². The van der Waals surface area contributed by atoms with Crippen molar-refractivity contribution in [3.63, 3.8) is 0 Å². The van der Waals surface area contributed by atoms with E-state index in [0.717, 1.165) is 0 Å². The average molecular weight is 226 g/mol. The number of nitro groups is 1. The maximum Gasteiger partial charge on any atom is 0.320 e. The molecule has 0 fully saturated rings. The quantitative estimate of drug-likeness (QED) is 0.566. The van der Waals surface area contributed by atoms with E-state index in [4.69, 9.17) is 9.47 Å². The van der Waals surface area contributed by atoms with Gasteiger partial charge < -0.3 is 14.2 Å². The lowest BCUT2D eigenvalue weighted by molar-refractivity contribution is -0.386. The zero-order valence-electron chi connectivity index (χ0n) is 9.06. The Morgan fingerprint density at radius 2 is 2.06 bits per heavy atom. The van der Waals surface area contributed by atoms with Gasteiger partial charge in [-0.1, -0.05) is 0 Å². The number of hydrogen-bond acceptors (Lipinski definition) is 5. The third-order valence-electron chi connectivity index (χ3n) is 2.04. The molecule has 0 N–H and O–H groups in total. The highest BCUT2D eigenvalue weighted by molar-refractivity contribution is 5.60. The summed E-state index contributed by atoms with van der Waals surface area (Å²) in [4.78, 5) is 10.4. The number of methoxy groups -OCH3 is 2. The summed E-state index contributed by atoms with van der Waals surface area (Å²) in [6, 6.07) is 3.13. The lowest BCUT2D eigenvalue weighted by atomic mass is 10.1. The Hall–Kier alpha value is -1.82. The first-order valence-electron chi connectivity index (χ1n) is 4.41. The van der Waals surface area contributed by atoms with Crippen LogP contribution in [0.3, 0.4) is 0 Å². The van der Waals surface area contributed by atoms with Crippen LogP contribution < -0.4 is 9.47 Å². The molecule has 1 aromatic carbocycles. The van der Waals surface area contributed by atoms with Crippen LogP contribution in [-0.4, -0.2) is 19.1 Å². The van der Waals surface area contributed by atoms with Crippen LogP contribution in [-0.2, 0) is 11.3 Å². The van der Waals surface area contributed by atoms with Gasteiger partial charge in [0.15, 0.2) is 5.75 Å². The largest absolute Gasteiger partial charge is 0.493 e. The molecule has 0 unspecified atom stereocenters. The molecule has 1 rings (SSSR count). The number of rotatable bonds is 5. The molecule has 0 aliphatic carbocycles. The summed E-state index contributed by atoms with van der Waals surface area (Å²) >= 11 is 0. The molecular weight excluding hydrogens is 214 g/mol. The Bertz CT molecular complexity index is 391. The van der Waals surface area contributed by atoms with Crippen LogP contribution in [0.4, 0.5) is 5.69 Å². The van der Waals surface area contributed by atoms with Crippen molar-refractivity contribution in [2.24, 2.45) is 0 Å². The fourth-order valence-corrected chi connectivity index (χ4v) is 1.38. The summed E-state index contributed by atoms with van der Waals surface area (Å²) in [7, 11) is 5.95. The van der Waals surface area contributed by atoms with Crippen molar-refractivity contribution in [2.75, 3.05) is 14.2 Å². The van der Waals surface area contributed by atoms with Gasteiger partial charge in [0, 0.05) is 0 Å². The summed E-state index contributed by atoms with van der Waals surface area (Å²) in [6.07, 6.45) is 0. The molecule has 6 heteroatoms. The van der Waals surface area contributed by atoms with Crippen LogP contribution in [0.2, 0.25) is 0 Å². The predicted octanol–water partition coefficient (Wildman–Crippen LogP) is 1.92. The average Bonchev–Trinajstić information content (AvgIpc) is 2.28. The number of ether oxygens (including phenoxy) is 3. The van der Waals surface area contributed by atoms with E-state index in [1.54, 1.807) is 12.1 Å². The molecule has 0 saturated carbocycles. The van der Waals surface area contributed by atoms with Crippen LogP contribution >= 0.6 is 0 Å². The third kappa shape index (κ3) is 2.22. The number of hydrogen-bond donors (Lipinski definition) is 0. The minimum Gasteiger partial charge on any atom is -0.493 e. The van der Waals surface area contributed by atoms with Crippen LogP contribution in [0.5, 0.6) is 11.5 Å². The fourth-order valence-electron chi connectivity index (χ4n) is 1.38. The van der Waals surface area contributed by atoms with E-state index in [9.17, 15) is 10.1 Å². The van der Waals surface area contributed by atoms with Crippen molar-refractivity contribution in [1.82, 2.24) is 0 Å². The van der Waals surface area contributed by atoms with E-state index in [1.807, 2.05) is 0 Å². The minimum atomic E-state index is -0.532. The molecule has 1 radical (unpaired) electrons. The molecule has 0 aromatic heterocycles. The van der Waals surface area contributed by atoms with Crippen molar-refractivity contribution in [3.05, 3.63) is 34.9 Å². The Morgan fingerprint density at radius 3 is 2.50 bits per heavy atom. The Balaban J connectivity index is 3.37. The van der Waals surface area contributed by atoms with Crippen molar-refractivity contribution in [1.29, 1.82) is 0 Å². The fraction of sp³-hybridized carbons (Fsp3) is 0.300. The summed E-state index contributed by atoms with van der Waals surface area (Å²) in [5.74, 6) is 0.393. The second-order valence-electron chi connectivity index (χ2n) is 2.91. The lowest BCUT2D eigenvalue weighted by Gasteiger charge is -2.10. The molecule has 0 bridgehead atoms. The molecule has 0 amide bonds. The van der Waals surface area contributed by atoms with Crippen LogP contribution in [0.1, 0.15) is 5.56 Å². The van der Waals surface area contributed by atoms with Crippen LogP contribution in [0.15, 0.2) is 12.1 Å². The van der Waals surface area contributed by atoms with E-state index in [2.05, 4.69) is 11.8 Å². The molecule has 87 valence electrons. The SMILES string of the molecule is [CH2]OCc1ccc(OC)c(OC)c1[N+](=O)[O-]. The first-order chi connectivity index (χ1) is 7.65. The van der Waals surface area contributed by atoms with Crippen LogP contribution in [0, 0.1) is 17.2 Å². The zero-order chi connectivity index (χ0) is 12.1. The smallest absolute Gasteiger partial charge is 0.320 e. The predicted molar refractivity (Wildman–Crippen MR) is 56.3 cm³/mol. The summed E-state index contributed by atoms with van der Waals surface area (Å²) in [5, 5.41) is 10.9. The van der Waals surface area contributed by atoms with Gasteiger partial charge >= 0.3 is 5.69 Å². The van der Waals surface area contributed by atoms with Gasteiger partial charge in [0.25, 0.3) is 0 Å². The lowest BCUT2D eigenvalue weighted by Crippen LogP contribution is -2.01. The standard InChI is InChI=1S/C10H12NO5/c1-14-6-7-4-5-8(15-2)10(16-3)9(7)11(12)13/h4-5H,1,6H2,2-3H3. The third-order valence-corrected chi connectivity index (χ3v) is 2.04. The monoisotopic (exact) mass is 226 g/mol. The van der Waals surface area contributed by atoms with Crippen LogP contribution in [0.25, 0.3) is 0 Å². The van der Waals surface area contributed by atoms with E-state index < -0.39 is 4.92 Å². The summed E-state index contributed by atoms with van der Waals surface area (Å²) in [6.45, 7) is 0.0384. The van der Waals surface area contributed by atoms with Gasteiger partial charge in [0.2, 0.25) is 5.75 Å². The van der Waals surface area contributed by atoms with Gasteiger partial charge in [0.05, 0.1) is 38.4 Å². The highest BCUT2D eigenvalue weighted by atomic mass is 16.6. The molecule has 0 aliphatic rings. The van der Waals surface area contributed by atoms with E-state index in [1.165, 1.54) is 14.2 Å². The van der Waals surface area contributed by atoms with E-state index >= 15 is 0 Å². The van der Waals surface area contributed by atoms with Gasteiger partial charge in [-0.05, 0) is 12.1 Å². The van der Waals surface area contributed by atoms with Gasteiger partial charge in [-0.25, -0.2) is 0 Å². The second-order valence-corrected chi connectivity index (χ2v) is 2.91. The highest BCUT2D eigenvalue weighted by Gasteiger charge is 2.24. The van der Waals surface area contributed by atoms with Gasteiger partial charge in [0.1, 0.15) is 0 Å². The zero-order valence-corrected chi connectivity index (χ0v) is 9.06. The normalized spacial score (nSPS) is 9.94. The molecule has 1 aromatic rings. The maximum absolute atomic E-state index is 10.9. The van der Waals surface area contributed by atoms with Crippen molar-refractivity contribution >= 4 is 5.69 Å². The maximum atomic E-state index is 10.9. The Morgan fingerprint density at radius 1 is 1.38 bits per heavy atom. The highest BCUT2D eigenvalue weighted by Crippen LogP contribution is 2.39. The van der Waals surface area contributed by atoms with Crippen molar-refractivity contribution in [3.8, 4) is 11.5 Å². The Labute approximate surface area is 92.9 Å². The number of nitro benzene ring substituents is 1. The molecule has 16 heavy (non-hydrogen) atoms.